The summed E-state index contributed by atoms with van der Waals surface area (Å²) in [5.74, 6) is 0. The first-order chi connectivity index (χ1) is 6.99. The molecule has 0 saturated carbocycles. The Morgan fingerprint density at radius 2 is 1.93 bits per heavy atom. The number of alkyl halides is 4. The van der Waals surface area contributed by atoms with E-state index in [0.717, 1.165) is 24.8 Å². The molecule has 0 N–H and O–H groups in total. The van der Waals surface area contributed by atoms with Crippen molar-refractivity contribution in [3.8, 4) is 0 Å². The molecule has 0 bridgehead atoms. The van der Waals surface area contributed by atoms with Gasteiger partial charge in [0, 0.05) is 11.9 Å². The third-order valence-electron chi connectivity index (χ3n) is 1.87. The van der Waals surface area contributed by atoms with Gasteiger partial charge in [-0.25, -0.2) is 0 Å². The van der Waals surface area contributed by atoms with Crippen molar-refractivity contribution in [3.63, 3.8) is 0 Å². The van der Waals surface area contributed by atoms with E-state index < -0.39 is 12.8 Å². The van der Waals surface area contributed by atoms with Gasteiger partial charge >= 0.3 is 6.18 Å². The van der Waals surface area contributed by atoms with Gasteiger partial charge in [-0.1, -0.05) is 22.9 Å². The van der Waals surface area contributed by atoms with E-state index in [4.69, 9.17) is 0 Å². The van der Waals surface area contributed by atoms with Crippen molar-refractivity contribution in [3.05, 3.63) is 0 Å². The normalized spacial score (nSPS) is 12.4. The Kier molecular flexibility index (Phi) is 8.46. The van der Waals surface area contributed by atoms with E-state index >= 15 is 0 Å². The van der Waals surface area contributed by atoms with Crippen molar-refractivity contribution in [2.75, 3.05) is 38.2 Å². The van der Waals surface area contributed by atoms with E-state index in [-0.39, 0.29) is 6.61 Å². The molecule has 0 rings (SSSR count). The summed E-state index contributed by atoms with van der Waals surface area (Å²) in [4.78, 5) is 2.07. The molecule has 0 aliphatic carbocycles. The molecule has 0 atom stereocenters. The molecule has 0 aromatic carbocycles. The van der Waals surface area contributed by atoms with Gasteiger partial charge in [0.2, 0.25) is 0 Å². The van der Waals surface area contributed by atoms with Crippen molar-refractivity contribution in [2.24, 2.45) is 0 Å². The maximum Gasteiger partial charge on any atom is 0.411 e. The minimum absolute atomic E-state index is 0.135. The molecule has 0 aromatic heterocycles. The summed E-state index contributed by atoms with van der Waals surface area (Å²) in [5, 5.41) is 0.910. The lowest BCUT2D eigenvalue weighted by atomic mass is 10.4. The number of rotatable bonds is 8. The summed E-state index contributed by atoms with van der Waals surface area (Å²) < 4.78 is 39.7. The molecule has 2 nitrogen and oxygen atoms in total. The number of hydrogen-bond donors (Lipinski definition) is 0. The maximum atomic E-state index is 11.7. The fourth-order valence-electron chi connectivity index (χ4n) is 1.09. The van der Waals surface area contributed by atoms with Crippen LogP contribution in [-0.4, -0.2) is 49.3 Å². The van der Waals surface area contributed by atoms with Gasteiger partial charge in [-0.3, -0.25) is 0 Å². The standard InChI is InChI=1S/C9H17BrF3NO/c1-2-14(5-3-4-10)6-7-15-8-9(11,12)13/h2-8H2,1H3. The Balaban J connectivity index is 3.46. The van der Waals surface area contributed by atoms with Crippen LogP contribution in [0.1, 0.15) is 13.3 Å². The summed E-state index contributed by atoms with van der Waals surface area (Å²) >= 11 is 3.31. The van der Waals surface area contributed by atoms with E-state index in [9.17, 15) is 13.2 Å². The summed E-state index contributed by atoms with van der Waals surface area (Å²) in [6.07, 6.45) is -3.22. The Labute approximate surface area is 96.9 Å². The molecule has 15 heavy (non-hydrogen) atoms. The topological polar surface area (TPSA) is 12.5 Å². The van der Waals surface area contributed by atoms with E-state index in [0.29, 0.717) is 6.54 Å². The molecule has 0 unspecified atom stereocenters. The zero-order chi connectivity index (χ0) is 11.7. The molecule has 6 heteroatoms. The van der Waals surface area contributed by atoms with Gasteiger partial charge in [0.25, 0.3) is 0 Å². The molecule has 0 saturated heterocycles. The number of likely N-dealkylation sites (N-methyl/N-ethyl adjacent to an activating group) is 1. The quantitative estimate of drug-likeness (QED) is 0.504. The number of halogens is 4. The van der Waals surface area contributed by atoms with E-state index in [1.807, 2.05) is 6.92 Å². The lowest BCUT2D eigenvalue weighted by Crippen LogP contribution is -2.30. The molecule has 0 aliphatic rings. The first-order valence-electron chi connectivity index (χ1n) is 4.92. The summed E-state index contributed by atoms with van der Waals surface area (Å²) in [6.45, 7) is 3.25. The van der Waals surface area contributed by atoms with Crippen LogP contribution in [0.3, 0.4) is 0 Å². The molecule has 0 fully saturated rings. The molecular formula is C9H17BrF3NO. The van der Waals surface area contributed by atoms with Gasteiger partial charge in [0.15, 0.2) is 0 Å². The van der Waals surface area contributed by atoms with Crippen LogP contribution in [0.15, 0.2) is 0 Å². The zero-order valence-corrected chi connectivity index (χ0v) is 10.4. The van der Waals surface area contributed by atoms with Crippen LogP contribution in [-0.2, 0) is 4.74 Å². The molecule has 0 aliphatic heterocycles. The van der Waals surface area contributed by atoms with Crippen LogP contribution in [0.2, 0.25) is 0 Å². The third-order valence-corrected chi connectivity index (χ3v) is 2.43. The molecule has 0 aromatic rings. The smallest absolute Gasteiger partial charge is 0.371 e. The Morgan fingerprint density at radius 1 is 1.27 bits per heavy atom. The first-order valence-corrected chi connectivity index (χ1v) is 6.04. The minimum Gasteiger partial charge on any atom is -0.371 e. The Hall–Kier alpha value is 0.190. The van der Waals surface area contributed by atoms with Crippen LogP contribution in [0.5, 0.6) is 0 Å². The van der Waals surface area contributed by atoms with Crippen molar-refractivity contribution in [1.82, 2.24) is 4.90 Å². The van der Waals surface area contributed by atoms with Crippen LogP contribution in [0.25, 0.3) is 0 Å². The van der Waals surface area contributed by atoms with Gasteiger partial charge in [-0.05, 0) is 19.5 Å². The molecule has 0 amide bonds. The van der Waals surface area contributed by atoms with Crippen LogP contribution in [0, 0.1) is 0 Å². The fourth-order valence-corrected chi connectivity index (χ4v) is 1.34. The van der Waals surface area contributed by atoms with Gasteiger partial charge in [0.1, 0.15) is 6.61 Å². The largest absolute Gasteiger partial charge is 0.411 e. The highest BCUT2D eigenvalue weighted by molar-refractivity contribution is 9.09. The monoisotopic (exact) mass is 291 g/mol. The highest BCUT2D eigenvalue weighted by atomic mass is 79.9. The fraction of sp³-hybridized carbons (Fsp3) is 1.00. The average Bonchev–Trinajstić information content (AvgIpc) is 2.15. The van der Waals surface area contributed by atoms with Gasteiger partial charge < -0.3 is 9.64 Å². The molecule has 0 spiro atoms. The highest BCUT2D eigenvalue weighted by Crippen LogP contribution is 2.14. The lowest BCUT2D eigenvalue weighted by Gasteiger charge is -2.19. The molecule has 92 valence electrons. The Morgan fingerprint density at radius 3 is 2.40 bits per heavy atom. The van der Waals surface area contributed by atoms with Crippen LogP contribution >= 0.6 is 15.9 Å². The van der Waals surface area contributed by atoms with Crippen molar-refractivity contribution < 1.29 is 17.9 Å². The van der Waals surface area contributed by atoms with Gasteiger partial charge in [-0.15, -0.1) is 0 Å². The zero-order valence-electron chi connectivity index (χ0n) is 8.82. The Bertz CT molecular complexity index is 155. The van der Waals surface area contributed by atoms with Gasteiger partial charge in [-0.2, -0.15) is 13.2 Å². The predicted octanol–water partition coefficient (Wildman–Crippen LogP) is 2.67. The minimum atomic E-state index is -4.22. The second-order valence-electron chi connectivity index (χ2n) is 3.14. The summed E-state index contributed by atoms with van der Waals surface area (Å²) in [7, 11) is 0. The molecule has 0 heterocycles. The van der Waals surface area contributed by atoms with Crippen molar-refractivity contribution >= 4 is 15.9 Å². The van der Waals surface area contributed by atoms with E-state index in [2.05, 4.69) is 25.6 Å². The second-order valence-corrected chi connectivity index (χ2v) is 3.94. The molecular weight excluding hydrogens is 275 g/mol. The predicted molar refractivity (Wildman–Crippen MR) is 57.4 cm³/mol. The van der Waals surface area contributed by atoms with Crippen LogP contribution < -0.4 is 0 Å². The van der Waals surface area contributed by atoms with E-state index in [1.165, 1.54) is 0 Å². The van der Waals surface area contributed by atoms with Crippen molar-refractivity contribution in [2.45, 2.75) is 19.5 Å². The lowest BCUT2D eigenvalue weighted by molar-refractivity contribution is -0.174. The summed E-state index contributed by atoms with van der Waals surface area (Å²) in [5.41, 5.74) is 0. The first kappa shape index (κ1) is 15.2. The summed E-state index contributed by atoms with van der Waals surface area (Å²) in [6, 6.07) is 0. The third kappa shape index (κ3) is 10.5. The number of nitrogens with zero attached hydrogens (tertiary/aromatic N) is 1. The second kappa shape index (κ2) is 8.35. The van der Waals surface area contributed by atoms with Gasteiger partial charge in [0.05, 0.1) is 6.61 Å². The van der Waals surface area contributed by atoms with Crippen LogP contribution in [0.4, 0.5) is 13.2 Å². The molecule has 0 radical (unpaired) electrons. The average molecular weight is 292 g/mol. The number of hydrogen-bond acceptors (Lipinski definition) is 2. The van der Waals surface area contributed by atoms with Crippen molar-refractivity contribution in [1.29, 1.82) is 0 Å². The number of ether oxygens (including phenoxy) is 1. The SMILES string of the molecule is CCN(CCCBr)CCOCC(F)(F)F. The maximum absolute atomic E-state index is 11.7. The van der Waals surface area contributed by atoms with E-state index in [1.54, 1.807) is 0 Å². The highest BCUT2D eigenvalue weighted by Gasteiger charge is 2.27.